The van der Waals surface area contributed by atoms with Gasteiger partial charge in [-0.15, -0.1) is 0 Å². The first-order valence-corrected chi connectivity index (χ1v) is 10.5. The summed E-state index contributed by atoms with van der Waals surface area (Å²) in [7, 11) is -1.13. The van der Waals surface area contributed by atoms with Gasteiger partial charge in [0.15, 0.2) is 0 Å². The van der Waals surface area contributed by atoms with Crippen LogP contribution in [-0.2, 0) is 10.0 Å². The second kappa shape index (κ2) is 8.73. The van der Waals surface area contributed by atoms with E-state index in [1.807, 2.05) is 0 Å². The van der Waals surface area contributed by atoms with E-state index in [0.717, 1.165) is 16.4 Å². The van der Waals surface area contributed by atoms with Gasteiger partial charge < -0.3 is 10.1 Å². The molecule has 156 valence electrons. The normalized spacial score (nSPS) is 11.1. The predicted molar refractivity (Wildman–Crippen MR) is 114 cm³/mol. The summed E-state index contributed by atoms with van der Waals surface area (Å²) in [5.41, 5.74) is 0.769. The van der Waals surface area contributed by atoms with Gasteiger partial charge in [0.05, 0.1) is 28.3 Å². The molecule has 30 heavy (non-hydrogen) atoms. The summed E-state index contributed by atoms with van der Waals surface area (Å²) in [4.78, 5) is 12.5. The van der Waals surface area contributed by atoms with Crippen LogP contribution >= 0.6 is 11.6 Å². The van der Waals surface area contributed by atoms with Crippen molar-refractivity contribution in [2.75, 3.05) is 23.8 Å². The van der Waals surface area contributed by atoms with E-state index in [4.69, 9.17) is 16.3 Å². The van der Waals surface area contributed by atoms with E-state index in [1.54, 1.807) is 24.3 Å². The molecular weight excluding hydrogens is 431 g/mol. The molecule has 3 aromatic rings. The summed E-state index contributed by atoms with van der Waals surface area (Å²) in [6.07, 6.45) is 0. The lowest BCUT2D eigenvalue weighted by Crippen LogP contribution is -2.27. The van der Waals surface area contributed by atoms with Gasteiger partial charge in [0, 0.05) is 12.7 Å². The van der Waals surface area contributed by atoms with Gasteiger partial charge in [-0.1, -0.05) is 11.6 Å². The van der Waals surface area contributed by atoms with Crippen LogP contribution in [-0.4, -0.2) is 28.5 Å². The summed E-state index contributed by atoms with van der Waals surface area (Å²) in [5.74, 6) is -0.414. The highest BCUT2D eigenvalue weighted by atomic mass is 35.5. The van der Waals surface area contributed by atoms with Crippen LogP contribution in [0.2, 0.25) is 5.02 Å². The minimum absolute atomic E-state index is 0.000987. The number of carbonyl (C=O) groups excluding carboxylic acids is 1. The molecule has 1 N–H and O–H groups in total. The molecule has 1 amide bonds. The quantitative estimate of drug-likeness (QED) is 0.599. The van der Waals surface area contributed by atoms with Crippen LogP contribution in [0, 0.1) is 5.82 Å². The third kappa shape index (κ3) is 4.55. The smallest absolute Gasteiger partial charge is 0.264 e. The second-order valence-corrected chi connectivity index (χ2v) is 8.65. The Kier molecular flexibility index (Phi) is 6.28. The number of sulfonamides is 1. The van der Waals surface area contributed by atoms with E-state index in [1.165, 1.54) is 44.5 Å². The Balaban J connectivity index is 1.89. The molecule has 3 aromatic carbocycles. The Labute approximate surface area is 178 Å². The number of hydrogen-bond acceptors (Lipinski definition) is 4. The minimum Gasteiger partial charge on any atom is -0.497 e. The average Bonchev–Trinajstić information content (AvgIpc) is 2.74. The third-order valence-corrected chi connectivity index (χ3v) is 6.49. The number of methoxy groups -OCH3 is 1. The fourth-order valence-electron chi connectivity index (χ4n) is 2.66. The lowest BCUT2D eigenvalue weighted by molar-refractivity contribution is 0.102. The van der Waals surface area contributed by atoms with Crippen molar-refractivity contribution in [2.24, 2.45) is 0 Å². The third-order valence-electron chi connectivity index (χ3n) is 4.38. The fraction of sp³-hybridized carbons (Fsp3) is 0.0952. The molecular formula is C21H18ClFN2O4S. The first-order chi connectivity index (χ1) is 14.2. The molecule has 0 bridgehead atoms. The summed E-state index contributed by atoms with van der Waals surface area (Å²) >= 11 is 6.14. The standard InChI is InChI=1S/C21H18ClFN2O4S/c1-25(16-7-3-14(23)4-8-16)30(27,28)18-11-12-20(22)19(13-18)21(26)24-15-5-9-17(29-2)10-6-15/h3-13H,1-2H3,(H,24,26). The molecule has 0 aliphatic rings. The van der Waals surface area contributed by atoms with Crippen LogP contribution in [0.5, 0.6) is 5.75 Å². The molecule has 6 nitrogen and oxygen atoms in total. The van der Waals surface area contributed by atoms with Crippen molar-refractivity contribution in [1.82, 2.24) is 0 Å². The van der Waals surface area contributed by atoms with Crippen molar-refractivity contribution < 1.29 is 22.3 Å². The molecule has 0 fully saturated rings. The van der Waals surface area contributed by atoms with Crippen molar-refractivity contribution in [1.29, 1.82) is 0 Å². The lowest BCUT2D eigenvalue weighted by atomic mass is 10.2. The maximum Gasteiger partial charge on any atom is 0.264 e. The highest BCUT2D eigenvalue weighted by Crippen LogP contribution is 2.27. The van der Waals surface area contributed by atoms with Crippen molar-refractivity contribution in [3.05, 3.63) is 83.1 Å². The number of amides is 1. The van der Waals surface area contributed by atoms with E-state index in [-0.39, 0.29) is 21.2 Å². The molecule has 0 saturated heterocycles. The number of nitrogens with zero attached hydrogens (tertiary/aromatic N) is 1. The molecule has 0 saturated carbocycles. The van der Waals surface area contributed by atoms with Crippen LogP contribution in [0.25, 0.3) is 0 Å². The highest BCUT2D eigenvalue weighted by molar-refractivity contribution is 7.92. The summed E-state index contributed by atoms with van der Waals surface area (Å²) in [6.45, 7) is 0. The number of rotatable bonds is 6. The van der Waals surface area contributed by atoms with Crippen LogP contribution in [0.15, 0.2) is 71.6 Å². The van der Waals surface area contributed by atoms with E-state index < -0.39 is 21.7 Å². The number of benzene rings is 3. The number of ether oxygens (including phenoxy) is 1. The number of hydrogen-bond donors (Lipinski definition) is 1. The van der Waals surface area contributed by atoms with Gasteiger partial charge >= 0.3 is 0 Å². The molecule has 9 heteroatoms. The van der Waals surface area contributed by atoms with Crippen LogP contribution in [0.3, 0.4) is 0 Å². The zero-order chi connectivity index (χ0) is 21.9. The Morgan fingerprint density at radius 1 is 1.03 bits per heavy atom. The van der Waals surface area contributed by atoms with Gasteiger partial charge in [-0.05, 0) is 66.7 Å². The second-order valence-electron chi connectivity index (χ2n) is 6.27. The van der Waals surface area contributed by atoms with Gasteiger partial charge in [-0.3, -0.25) is 9.10 Å². The molecule has 0 heterocycles. The number of halogens is 2. The van der Waals surface area contributed by atoms with E-state index in [0.29, 0.717) is 11.4 Å². The molecule has 0 radical (unpaired) electrons. The summed E-state index contributed by atoms with van der Waals surface area (Å²) in [5, 5.41) is 2.77. The SMILES string of the molecule is COc1ccc(NC(=O)c2cc(S(=O)(=O)N(C)c3ccc(F)cc3)ccc2Cl)cc1. The minimum atomic E-state index is -4.00. The van der Waals surface area contributed by atoms with Crippen molar-refractivity contribution in [3.8, 4) is 5.75 Å². The Bertz CT molecular complexity index is 1170. The van der Waals surface area contributed by atoms with Crippen LogP contribution < -0.4 is 14.4 Å². The Morgan fingerprint density at radius 3 is 2.27 bits per heavy atom. The first-order valence-electron chi connectivity index (χ1n) is 8.72. The average molecular weight is 449 g/mol. The van der Waals surface area contributed by atoms with Crippen molar-refractivity contribution >= 4 is 38.9 Å². The summed E-state index contributed by atoms with van der Waals surface area (Å²) < 4.78 is 45.2. The van der Waals surface area contributed by atoms with Crippen LogP contribution in [0.4, 0.5) is 15.8 Å². The highest BCUT2D eigenvalue weighted by Gasteiger charge is 2.24. The topological polar surface area (TPSA) is 75.7 Å². The Morgan fingerprint density at radius 2 is 1.67 bits per heavy atom. The monoisotopic (exact) mass is 448 g/mol. The number of anilines is 2. The van der Waals surface area contributed by atoms with E-state index in [2.05, 4.69) is 5.32 Å². The number of carbonyl (C=O) groups is 1. The molecule has 0 aromatic heterocycles. The zero-order valence-corrected chi connectivity index (χ0v) is 17.7. The van der Waals surface area contributed by atoms with E-state index in [9.17, 15) is 17.6 Å². The maximum absolute atomic E-state index is 13.1. The summed E-state index contributed by atoms with van der Waals surface area (Å²) in [6, 6.07) is 15.5. The fourth-order valence-corrected chi connectivity index (χ4v) is 4.09. The first kappa shape index (κ1) is 21.6. The molecule has 0 aliphatic carbocycles. The van der Waals surface area contributed by atoms with Crippen molar-refractivity contribution in [2.45, 2.75) is 4.90 Å². The molecule has 0 unspecified atom stereocenters. The van der Waals surface area contributed by atoms with Gasteiger partial charge in [0.25, 0.3) is 15.9 Å². The molecule has 0 atom stereocenters. The molecule has 3 rings (SSSR count). The van der Waals surface area contributed by atoms with Crippen molar-refractivity contribution in [3.63, 3.8) is 0 Å². The lowest BCUT2D eigenvalue weighted by Gasteiger charge is -2.20. The number of nitrogens with one attached hydrogen (secondary N) is 1. The van der Waals surface area contributed by atoms with Gasteiger partial charge in [0.2, 0.25) is 0 Å². The predicted octanol–water partition coefficient (Wildman–Crippen LogP) is 4.57. The van der Waals surface area contributed by atoms with Gasteiger partial charge in [0.1, 0.15) is 11.6 Å². The Hall–Kier alpha value is -3.10. The molecule has 0 aliphatic heterocycles. The maximum atomic E-state index is 13.1. The van der Waals surface area contributed by atoms with Crippen LogP contribution in [0.1, 0.15) is 10.4 Å². The van der Waals surface area contributed by atoms with Gasteiger partial charge in [-0.2, -0.15) is 0 Å². The molecule has 0 spiro atoms. The largest absolute Gasteiger partial charge is 0.497 e. The van der Waals surface area contributed by atoms with Gasteiger partial charge in [-0.25, -0.2) is 12.8 Å². The van der Waals surface area contributed by atoms with E-state index >= 15 is 0 Å². The zero-order valence-electron chi connectivity index (χ0n) is 16.1.